The van der Waals surface area contributed by atoms with E-state index in [0.717, 1.165) is 5.56 Å². The van der Waals surface area contributed by atoms with E-state index in [9.17, 15) is 14.9 Å². The third-order valence-electron chi connectivity index (χ3n) is 2.72. The van der Waals surface area contributed by atoms with Gasteiger partial charge in [-0.15, -0.1) is 0 Å². The first-order valence-corrected chi connectivity index (χ1v) is 6.65. The molecule has 0 saturated carbocycles. The standard InChI is InChI=1S/C14H10Cl2N2O3/c1-8-2-3-12(13(4-8)18(20)21)17-14(19)9-5-10(15)7-11(16)6-9/h2-7H,1H3,(H,17,19). The van der Waals surface area contributed by atoms with Crippen LogP contribution in [-0.4, -0.2) is 10.8 Å². The van der Waals surface area contributed by atoms with E-state index in [0.29, 0.717) is 10.0 Å². The van der Waals surface area contributed by atoms with E-state index in [4.69, 9.17) is 23.2 Å². The van der Waals surface area contributed by atoms with Crippen molar-refractivity contribution in [2.24, 2.45) is 0 Å². The smallest absolute Gasteiger partial charge is 0.293 e. The van der Waals surface area contributed by atoms with Crippen LogP contribution in [0.2, 0.25) is 10.0 Å². The first-order valence-electron chi connectivity index (χ1n) is 5.89. The zero-order chi connectivity index (χ0) is 15.6. The van der Waals surface area contributed by atoms with Gasteiger partial charge in [0.25, 0.3) is 11.6 Å². The van der Waals surface area contributed by atoms with E-state index in [2.05, 4.69) is 5.32 Å². The minimum atomic E-state index is -0.548. The number of hydrogen-bond acceptors (Lipinski definition) is 3. The highest BCUT2D eigenvalue weighted by Gasteiger charge is 2.17. The van der Waals surface area contributed by atoms with Gasteiger partial charge in [-0.2, -0.15) is 0 Å². The van der Waals surface area contributed by atoms with Crippen molar-refractivity contribution in [3.8, 4) is 0 Å². The Bertz CT molecular complexity index is 712. The summed E-state index contributed by atoms with van der Waals surface area (Å²) in [5.74, 6) is -0.522. The predicted octanol–water partition coefficient (Wildman–Crippen LogP) is 4.46. The first kappa shape index (κ1) is 15.3. The second-order valence-corrected chi connectivity index (χ2v) is 5.26. The highest BCUT2D eigenvalue weighted by atomic mass is 35.5. The Morgan fingerprint density at radius 3 is 2.33 bits per heavy atom. The predicted molar refractivity (Wildman–Crippen MR) is 82.2 cm³/mol. The molecule has 5 nitrogen and oxygen atoms in total. The summed E-state index contributed by atoms with van der Waals surface area (Å²) in [5, 5.41) is 14.1. The highest BCUT2D eigenvalue weighted by Crippen LogP contribution is 2.26. The van der Waals surface area contributed by atoms with Crippen molar-refractivity contribution in [3.05, 3.63) is 67.7 Å². The molecular formula is C14H10Cl2N2O3. The number of carbonyl (C=O) groups is 1. The molecule has 0 unspecified atom stereocenters. The fourth-order valence-electron chi connectivity index (χ4n) is 1.78. The van der Waals surface area contributed by atoms with E-state index in [1.165, 1.54) is 30.3 Å². The van der Waals surface area contributed by atoms with E-state index in [1.54, 1.807) is 13.0 Å². The molecule has 1 N–H and O–H groups in total. The number of amides is 1. The maximum Gasteiger partial charge on any atom is 0.293 e. The summed E-state index contributed by atoms with van der Waals surface area (Å²) >= 11 is 11.7. The summed E-state index contributed by atoms with van der Waals surface area (Å²) in [6.45, 7) is 1.73. The third-order valence-corrected chi connectivity index (χ3v) is 3.16. The molecule has 0 saturated heterocycles. The number of rotatable bonds is 3. The summed E-state index contributed by atoms with van der Waals surface area (Å²) in [5.41, 5.74) is 0.899. The molecule has 0 bridgehead atoms. The van der Waals surface area contributed by atoms with Crippen LogP contribution in [0.4, 0.5) is 11.4 Å². The first-order chi connectivity index (χ1) is 9.86. The summed E-state index contributed by atoms with van der Waals surface area (Å²) in [7, 11) is 0. The van der Waals surface area contributed by atoms with E-state index >= 15 is 0 Å². The number of nitrogens with one attached hydrogen (secondary N) is 1. The van der Waals surface area contributed by atoms with E-state index in [1.807, 2.05) is 0 Å². The van der Waals surface area contributed by atoms with Crippen LogP contribution < -0.4 is 5.32 Å². The molecule has 0 aliphatic carbocycles. The van der Waals surface area contributed by atoms with Gasteiger partial charge in [0.05, 0.1) is 4.92 Å². The topological polar surface area (TPSA) is 72.2 Å². The average molecular weight is 325 g/mol. The number of anilines is 1. The zero-order valence-electron chi connectivity index (χ0n) is 10.9. The molecule has 21 heavy (non-hydrogen) atoms. The summed E-state index contributed by atoms with van der Waals surface area (Å²) in [4.78, 5) is 22.6. The molecule has 0 radical (unpaired) electrons. The van der Waals surface area contributed by atoms with Gasteiger partial charge in [-0.05, 0) is 36.8 Å². The van der Waals surface area contributed by atoms with Crippen molar-refractivity contribution in [1.29, 1.82) is 0 Å². The Balaban J connectivity index is 2.33. The molecule has 0 aliphatic rings. The summed E-state index contributed by atoms with van der Waals surface area (Å²) in [6, 6.07) is 8.91. The Hall–Kier alpha value is -2.11. The average Bonchev–Trinajstić information content (AvgIpc) is 2.39. The molecule has 0 aliphatic heterocycles. The van der Waals surface area contributed by atoms with Crippen molar-refractivity contribution in [2.45, 2.75) is 6.92 Å². The van der Waals surface area contributed by atoms with Gasteiger partial charge in [0.2, 0.25) is 0 Å². The van der Waals surface area contributed by atoms with Crippen LogP contribution in [-0.2, 0) is 0 Å². The van der Waals surface area contributed by atoms with Crippen LogP contribution in [0.1, 0.15) is 15.9 Å². The lowest BCUT2D eigenvalue weighted by molar-refractivity contribution is -0.384. The van der Waals surface area contributed by atoms with Gasteiger partial charge in [-0.25, -0.2) is 0 Å². The number of benzene rings is 2. The van der Waals surface area contributed by atoms with Gasteiger partial charge in [0, 0.05) is 21.7 Å². The number of halogens is 2. The molecule has 0 fully saturated rings. The number of nitro benzene ring substituents is 1. The second-order valence-electron chi connectivity index (χ2n) is 4.39. The van der Waals surface area contributed by atoms with Gasteiger partial charge in [-0.3, -0.25) is 14.9 Å². The van der Waals surface area contributed by atoms with E-state index < -0.39 is 10.8 Å². The minimum Gasteiger partial charge on any atom is -0.316 e. The molecule has 0 atom stereocenters. The van der Waals surface area contributed by atoms with Gasteiger partial charge >= 0.3 is 0 Å². The second kappa shape index (κ2) is 6.11. The van der Waals surface area contributed by atoms with Crippen molar-refractivity contribution in [1.82, 2.24) is 0 Å². The maximum absolute atomic E-state index is 12.1. The maximum atomic E-state index is 12.1. The normalized spacial score (nSPS) is 10.2. The van der Waals surface area contributed by atoms with Crippen LogP contribution in [0.25, 0.3) is 0 Å². The zero-order valence-corrected chi connectivity index (χ0v) is 12.4. The molecule has 2 aromatic rings. The van der Waals surface area contributed by atoms with Crippen LogP contribution in [0.15, 0.2) is 36.4 Å². The van der Waals surface area contributed by atoms with Gasteiger partial charge in [0.15, 0.2) is 0 Å². The summed E-state index contributed by atoms with van der Waals surface area (Å²) in [6.07, 6.45) is 0. The van der Waals surface area contributed by atoms with Crippen LogP contribution in [0.5, 0.6) is 0 Å². The lowest BCUT2D eigenvalue weighted by atomic mass is 10.1. The van der Waals surface area contributed by atoms with E-state index in [-0.39, 0.29) is 16.9 Å². The van der Waals surface area contributed by atoms with Crippen molar-refractivity contribution in [2.75, 3.05) is 5.32 Å². The lowest BCUT2D eigenvalue weighted by Crippen LogP contribution is -2.13. The van der Waals surface area contributed by atoms with Crippen LogP contribution >= 0.6 is 23.2 Å². The number of carbonyl (C=O) groups excluding carboxylic acids is 1. The quantitative estimate of drug-likeness (QED) is 0.669. The Morgan fingerprint density at radius 1 is 1.14 bits per heavy atom. The molecule has 2 rings (SSSR count). The number of hydrogen-bond donors (Lipinski definition) is 1. The molecule has 2 aromatic carbocycles. The number of nitro groups is 1. The van der Waals surface area contributed by atoms with Crippen molar-refractivity contribution in [3.63, 3.8) is 0 Å². The van der Waals surface area contributed by atoms with Gasteiger partial charge < -0.3 is 5.32 Å². The molecule has 0 aromatic heterocycles. The van der Waals surface area contributed by atoms with Crippen LogP contribution in [0, 0.1) is 17.0 Å². The molecule has 1 amide bonds. The number of nitrogens with zero attached hydrogens (tertiary/aromatic N) is 1. The highest BCUT2D eigenvalue weighted by molar-refractivity contribution is 6.35. The largest absolute Gasteiger partial charge is 0.316 e. The fraction of sp³-hybridized carbons (Fsp3) is 0.0714. The minimum absolute atomic E-state index is 0.117. The Labute approximate surface area is 130 Å². The lowest BCUT2D eigenvalue weighted by Gasteiger charge is -2.07. The monoisotopic (exact) mass is 324 g/mol. The third kappa shape index (κ3) is 3.71. The molecule has 108 valence electrons. The van der Waals surface area contributed by atoms with Crippen molar-refractivity contribution >= 4 is 40.5 Å². The SMILES string of the molecule is Cc1ccc(NC(=O)c2cc(Cl)cc(Cl)c2)c([N+](=O)[O-])c1. The Morgan fingerprint density at radius 2 is 1.76 bits per heavy atom. The molecular weight excluding hydrogens is 315 g/mol. The molecule has 0 heterocycles. The van der Waals surface area contributed by atoms with Gasteiger partial charge in [-0.1, -0.05) is 29.3 Å². The van der Waals surface area contributed by atoms with Gasteiger partial charge in [0.1, 0.15) is 5.69 Å². The molecule has 7 heteroatoms. The number of aryl methyl sites for hydroxylation is 1. The Kier molecular flexibility index (Phi) is 4.45. The molecule has 0 spiro atoms. The fourth-order valence-corrected chi connectivity index (χ4v) is 2.30. The van der Waals surface area contributed by atoms with Crippen LogP contribution in [0.3, 0.4) is 0 Å². The summed E-state index contributed by atoms with van der Waals surface area (Å²) < 4.78 is 0. The van der Waals surface area contributed by atoms with Crippen molar-refractivity contribution < 1.29 is 9.72 Å².